The molecule has 4 N–H and O–H groups in total. The van der Waals surface area contributed by atoms with Crippen molar-refractivity contribution in [1.82, 2.24) is 15.0 Å². The number of H-pyrrole nitrogens is 1. The SMILES string of the molecule is CCOC(=O)c1c(N)c2cnc(Nc3ccccc3C)nc2[nH]c1=O. The van der Waals surface area contributed by atoms with Crippen LogP contribution in [0, 0.1) is 6.92 Å². The molecule has 2 heterocycles. The van der Waals surface area contributed by atoms with Gasteiger partial charge in [0.2, 0.25) is 5.95 Å². The number of nitrogens with two attached hydrogens (primary N) is 1. The molecular weight excluding hydrogens is 322 g/mol. The third-order valence-corrected chi connectivity index (χ3v) is 3.68. The van der Waals surface area contributed by atoms with Crippen LogP contribution in [0.15, 0.2) is 35.3 Å². The summed E-state index contributed by atoms with van der Waals surface area (Å²) in [6, 6.07) is 7.66. The summed E-state index contributed by atoms with van der Waals surface area (Å²) in [6.45, 7) is 3.75. The lowest BCUT2D eigenvalue weighted by molar-refractivity contribution is 0.0526. The molecule has 0 bridgehead atoms. The maximum absolute atomic E-state index is 12.2. The molecule has 0 spiro atoms. The number of ether oxygens (including phenoxy) is 1. The number of nitrogens with one attached hydrogen (secondary N) is 2. The maximum Gasteiger partial charge on any atom is 0.345 e. The van der Waals surface area contributed by atoms with E-state index in [4.69, 9.17) is 10.5 Å². The van der Waals surface area contributed by atoms with Crippen LogP contribution in [0.1, 0.15) is 22.8 Å². The predicted octanol–water partition coefficient (Wildman–Crippen LogP) is 2.13. The van der Waals surface area contributed by atoms with Gasteiger partial charge in [-0.1, -0.05) is 18.2 Å². The van der Waals surface area contributed by atoms with Crippen LogP contribution >= 0.6 is 0 Å². The Morgan fingerprint density at radius 3 is 2.84 bits per heavy atom. The van der Waals surface area contributed by atoms with Crippen molar-refractivity contribution in [3.63, 3.8) is 0 Å². The van der Waals surface area contributed by atoms with Crippen LogP contribution < -0.4 is 16.6 Å². The van der Waals surface area contributed by atoms with Crippen molar-refractivity contribution in [3.8, 4) is 0 Å². The monoisotopic (exact) mass is 339 g/mol. The summed E-state index contributed by atoms with van der Waals surface area (Å²) < 4.78 is 4.86. The molecule has 0 radical (unpaired) electrons. The third kappa shape index (κ3) is 3.14. The maximum atomic E-state index is 12.2. The van der Waals surface area contributed by atoms with Gasteiger partial charge in [0.05, 0.1) is 17.7 Å². The summed E-state index contributed by atoms with van der Waals surface area (Å²) in [5.41, 5.74) is 7.18. The number of hydrogen-bond donors (Lipinski definition) is 3. The minimum Gasteiger partial charge on any atom is -0.462 e. The van der Waals surface area contributed by atoms with Gasteiger partial charge in [0.1, 0.15) is 11.2 Å². The first-order chi connectivity index (χ1) is 12.0. The van der Waals surface area contributed by atoms with Gasteiger partial charge in [-0.15, -0.1) is 0 Å². The molecule has 3 rings (SSSR count). The Morgan fingerprint density at radius 2 is 2.12 bits per heavy atom. The van der Waals surface area contributed by atoms with E-state index in [1.165, 1.54) is 6.20 Å². The van der Waals surface area contributed by atoms with Crippen LogP contribution in [0.5, 0.6) is 0 Å². The Balaban J connectivity index is 2.05. The van der Waals surface area contributed by atoms with Crippen LogP contribution in [-0.2, 0) is 4.74 Å². The quantitative estimate of drug-likeness (QED) is 0.622. The molecule has 0 fully saturated rings. The van der Waals surface area contributed by atoms with Crippen LogP contribution in [0.4, 0.5) is 17.3 Å². The second-order valence-electron chi connectivity index (χ2n) is 5.36. The average molecular weight is 339 g/mol. The van der Waals surface area contributed by atoms with Gasteiger partial charge in [-0.2, -0.15) is 4.98 Å². The number of anilines is 3. The summed E-state index contributed by atoms with van der Waals surface area (Å²) in [6.07, 6.45) is 1.46. The Labute approximate surface area is 143 Å². The molecule has 0 saturated carbocycles. The molecule has 0 atom stereocenters. The lowest BCUT2D eigenvalue weighted by Crippen LogP contribution is -2.23. The first kappa shape index (κ1) is 16.4. The zero-order chi connectivity index (χ0) is 18.0. The highest BCUT2D eigenvalue weighted by Crippen LogP contribution is 2.22. The molecule has 0 aliphatic heterocycles. The minimum atomic E-state index is -0.773. The molecule has 0 amide bonds. The number of aromatic nitrogens is 3. The van der Waals surface area contributed by atoms with E-state index < -0.39 is 11.5 Å². The van der Waals surface area contributed by atoms with Crippen LogP contribution in [-0.4, -0.2) is 27.5 Å². The van der Waals surface area contributed by atoms with Gasteiger partial charge in [0.15, 0.2) is 0 Å². The predicted molar refractivity (Wildman–Crippen MR) is 95.0 cm³/mol. The molecule has 0 aliphatic carbocycles. The highest BCUT2D eigenvalue weighted by molar-refractivity contribution is 6.02. The number of benzene rings is 1. The van der Waals surface area contributed by atoms with E-state index in [1.807, 2.05) is 31.2 Å². The summed E-state index contributed by atoms with van der Waals surface area (Å²) in [5, 5.41) is 3.46. The number of aryl methyl sites for hydroxylation is 1. The van der Waals surface area contributed by atoms with E-state index >= 15 is 0 Å². The zero-order valence-electron chi connectivity index (χ0n) is 13.8. The first-order valence-electron chi connectivity index (χ1n) is 7.69. The molecule has 25 heavy (non-hydrogen) atoms. The van der Waals surface area contributed by atoms with E-state index in [-0.39, 0.29) is 23.5 Å². The molecule has 0 saturated heterocycles. The van der Waals surface area contributed by atoms with Gasteiger partial charge >= 0.3 is 5.97 Å². The number of hydrogen-bond acceptors (Lipinski definition) is 7. The van der Waals surface area contributed by atoms with Gasteiger partial charge in [-0.05, 0) is 25.5 Å². The fourth-order valence-electron chi connectivity index (χ4n) is 2.40. The van der Waals surface area contributed by atoms with Crippen molar-refractivity contribution in [2.24, 2.45) is 0 Å². The van der Waals surface area contributed by atoms with E-state index in [2.05, 4.69) is 20.3 Å². The number of carbonyl (C=O) groups is 1. The van der Waals surface area contributed by atoms with E-state index in [9.17, 15) is 9.59 Å². The number of nitrogens with zero attached hydrogens (tertiary/aromatic N) is 2. The zero-order valence-corrected chi connectivity index (χ0v) is 13.8. The first-order valence-corrected chi connectivity index (χ1v) is 7.69. The number of para-hydroxylation sites is 1. The van der Waals surface area contributed by atoms with Crippen molar-refractivity contribution in [2.45, 2.75) is 13.8 Å². The molecule has 8 nitrogen and oxygen atoms in total. The van der Waals surface area contributed by atoms with Crippen LogP contribution in [0.3, 0.4) is 0 Å². The second-order valence-corrected chi connectivity index (χ2v) is 5.36. The summed E-state index contributed by atoms with van der Waals surface area (Å²) in [5.74, 6) is -0.467. The molecular formula is C17H17N5O3. The van der Waals surface area contributed by atoms with E-state index in [0.717, 1.165) is 11.3 Å². The molecule has 128 valence electrons. The number of fused-ring (bicyclic) bond motifs is 1. The van der Waals surface area contributed by atoms with Gasteiger partial charge in [0, 0.05) is 11.9 Å². The summed E-state index contributed by atoms with van der Waals surface area (Å²) >= 11 is 0. The lowest BCUT2D eigenvalue weighted by atomic mass is 10.2. The third-order valence-electron chi connectivity index (χ3n) is 3.68. The number of esters is 1. The lowest BCUT2D eigenvalue weighted by Gasteiger charge is -2.10. The molecule has 0 unspecified atom stereocenters. The highest BCUT2D eigenvalue weighted by Gasteiger charge is 2.19. The van der Waals surface area contributed by atoms with Crippen molar-refractivity contribution >= 4 is 34.3 Å². The normalized spacial score (nSPS) is 10.6. The van der Waals surface area contributed by atoms with Crippen molar-refractivity contribution in [2.75, 3.05) is 17.7 Å². The largest absolute Gasteiger partial charge is 0.462 e. The van der Waals surface area contributed by atoms with Crippen LogP contribution in [0.25, 0.3) is 11.0 Å². The summed E-state index contributed by atoms with van der Waals surface area (Å²) in [7, 11) is 0. The number of carbonyl (C=O) groups excluding carboxylic acids is 1. The molecule has 1 aromatic carbocycles. The van der Waals surface area contributed by atoms with Crippen LogP contribution in [0.2, 0.25) is 0 Å². The molecule has 3 aromatic rings. The van der Waals surface area contributed by atoms with Gasteiger partial charge in [-0.3, -0.25) is 4.79 Å². The number of pyridine rings is 1. The molecule has 2 aromatic heterocycles. The fraction of sp³-hybridized carbons (Fsp3) is 0.176. The van der Waals surface area contributed by atoms with Crippen molar-refractivity contribution < 1.29 is 9.53 Å². The number of aromatic amines is 1. The van der Waals surface area contributed by atoms with E-state index in [0.29, 0.717) is 11.3 Å². The van der Waals surface area contributed by atoms with E-state index in [1.54, 1.807) is 6.92 Å². The topological polar surface area (TPSA) is 123 Å². The van der Waals surface area contributed by atoms with Crippen molar-refractivity contribution in [3.05, 3.63) is 51.9 Å². The van der Waals surface area contributed by atoms with Gasteiger partial charge in [-0.25, -0.2) is 9.78 Å². The Morgan fingerprint density at radius 1 is 1.36 bits per heavy atom. The van der Waals surface area contributed by atoms with Gasteiger partial charge in [0.25, 0.3) is 5.56 Å². The molecule has 0 aliphatic rings. The average Bonchev–Trinajstić information content (AvgIpc) is 2.57. The Hall–Kier alpha value is -3.42. The van der Waals surface area contributed by atoms with Crippen molar-refractivity contribution in [1.29, 1.82) is 0 Å². The number of rotatable bonds is 4. The van der Waals surface area contributed by atoms with Gasteiger partial charge < -0.3 is 20.8 Å². The summed E-state index contributed by atoms with van der Waals surface area (Å²) in [4.78, 5) is 35.1. The standard InChI is InChI=1S/C17H17N5O3/c1-3-25-16(24)12-13(18)10-8-19-17(22-14(10)21-15(12)23)20-11-7-5-4-6-9(11)2/h4-8H,3H2,1-2H3,(H4,18,19,20,21,22,23). The number of nitrogen functional groups attached to an aromatic ring is 1. The smallest absolute Gasteiger partial charge is 0.345 e. The Bertz CT molecular complexity index is 1010. The highest BCUT2D eigenvalue weighted by atomic mass is 16.5. The minimum absolute atomic E-state index is 0.000332. The Kier molecular flexibility index (Phi) is 4.34. The fourth-order valence-corrected chi connectivity index (χ4v) is 2.40. The second kappa shape index (κ2) is 6.60. The molecule has 8 heteroatoms.